The third-order valence-corrected chi connectivity index (χ3v) is 4.65. The van der Waals surface area contributed by atoms with Gasteiger partial charge < -0.3 is 15.5 Å². The Balaban J connectivity index is 2.43. The Morgan fingerprint density at radius 1 is 1.10 bits per heavy atom. The zero-order chi connectivity index (χ0) is 21.8. The number of allylic oxidation sites excluding steroid dienone is 1. The number of carboxylic acids is 1. The summed E-state index contributed by atoms with van der Waals surface area (Å²) in [6, 6.07) is 9.82. The number of carboxylic acid groups (broad SMARTS) is 1. The summed E-state index contributed by atoms with van der Waals surface area (Å²) < 4.78 is 23.0. The second kappa shape index (κ2) is 8.63. The predicted molar refractivity (Wildman–Crippen MR) is 104 cm³/mol. The summed E-state index contributed by atoms with van der Waals surface area (Å²) in [5.74, 6) is -2.66. The van der Waals surface area contributed by atoms with Gasteiger partial charge in [-0.2, -0.15) is 0 Å². The third kappa shape index (κ3) is 5.46. The first kappa shape index (κ1) is 21.7. The maximum atomic E-state index is 12.5. The van der Waals surface area contributed by atoms with E-state index in [1.54, 1.807) is 31.2 Å². The molecule has 10 nitrogen and oxygen atoms in total. The van der Waals surface area contributed by atoms with Gasteiger partial charge in [-0.05, 0) is 43.7 Å². The van der Waals surface area contributed by atoms with Crippen molar-refractivity contribution in [1.82, 2.24) is 0 Å². The molecule has 0 heterocycles. The smallest absolute Gasteiger partial charge is 0.337 e. The molecule has 152 valence electrons. The van der Waals surface area contributed by atoms with Gasteiger partial charge in [-0.3, -0.25) is 4.79 Å². The number of nitrogens with two attached hydrogens (primary N) is 1. The molecule has 0 unspecified atom stereocenters. The molecule has 0 radical (unpaired) electrons. The molecule has 11 heteroatoms. The standard InChI is InChI=1S/C18H18N4O6S/c1-10-5-3-4-6-14(10)20-17(24)16(11(2)23)22-21-15-9-12(29(19,27)28)7-8-13(15)18(25)26/h3-9,23H,1-2H3,(H,20,24)(H,25,26)(H2,19,27,28). The van der Waals surface area contributed by atoms with E-state index in [0.717, 1.165) is 23.8 Å². The van der Waals surface area contributed by atoms with Crippen LogP contribution >= 0.6 is 0 Å². The molecule has 0 aliphatic rings. The van der Waals surface area contributed by atoms with E-state index in [1.165, 1.54) is 6.92 Å². The summed E-state index contributed by atoms with van der Waals surface area (Å²) in [5, 5.41) is 33.9. The Kier molecular flexibility index (Phi) is 6.46. The van der Waals surface area contributed by atoms with Crippen molar-refractivity contribution in [2.45, 2.75) is 18.7 Å². The highest BCUT2D eigenvalue weighted by Crippen LogP contribution is 2.25. The number of rotatable bonds is 6. The highest BCUT2D eigenvalue weighted by Gasteiger charge is 2.18. The predicted octanol–water partition coefficient (Wildman–Crippen LogP) is 2.85. The lowest BCUT2D eigenvalue weighted by atomic mass is 10.2. The molecule has 0 aliphatic heterocycles. The summed E-state index contributed by atoms with van der Waals surface area (Å²) in [7, 11) is -4.12. The summed E-state index contributed by atoms with van der Waals surface area (Å²) >= 11 is 0. The lowest BCUT2D eigenvalue weighted by Gasteiger charge is -2.08. The van der Waals surface area contributed by atoms with Gasteiger partial charge in [0.2, 0.25) is 10.0 Å². The number of amides is 1. The molecular formula is C18H18N4O6S. The number of hydrogen-bond acceptors (Lipinski definition) is 7. The van der Waals surface area contributed by atoms with Crippen molar-refractivity contribution in [1.29, 1.82) is 0 Å². The van der Waals surface area contributed by atoms with Crippen LogP contribution in [0.5, 0.6) is 0 Å². The molecule has 0 aliphatic carbocycles. The maximum absolute atomic E-state index is 12.5. The number of carbonyl (C=O) groups is 2. The van der Waals surface area contributed by atoms with E-state index in [4.69, 9.17) is 5.14 Å². The van der Waals surface area contributed by atoms with Crippen LogP contribution in [0.1, 0.15) is 22.8 Å². The summed E-state index contributed by atoms with van der Waals surface area (Å²) in [5.41, 5.74) is 0.0446. The van der Waals surface area contributed by atoms with Gasteiger partial charge in [0.15, 0.2) is 5.70 Å². The van der Waals surface area contributed by atoms with Crippen LogP contribution in [0.4, 0.5) is 11.4 Å². The van der Waals surface area contributed by atoms with Crippen LogP contribution in [0.25, 0.3) is 0 Å². The Bertz CT molecular complexity index is 1130. The highest BCUT2D eigenvalue weighted by molar-refractivity contribution is 7.89. The number of hydrogen-bond donors (Lipinski definition) is 4. The second-order valence-electron chi connectivity index (χ2n) is 5.93. The minimum Gasteiger partial charge on any atom is -0.510 e. The average molecular weight is 418 g/mol. The van der Waals surface area contributed by atoms with Crippen molar-refractivity contribution in [3.8, 4) is 0 Å². The number of benzene rings is 2. The topological polar surface area (TPSA) is 172 Å². The summed E-state index contributed by atoms with van der Waals surface area (Å²) in [6.45, 7) is 2.97. The van der Waals surface area contributed by atoms with Crippen molar-refractivity contribution >= 4 is 33.3 Å². The van der Waals surface area contributed by atoms with Gasteiger partial charge >= 0.3 is 5.97 Å². The number of aryl methyl sites for hydroxylation is 1. The SMILES string of the molecule is CC(O)=C(N=Nc1cc(S(N)(=O)=O)ccc1C(=O)O)C(=O)Nc1ccccc1C. The van der Waals surface area contributed by atoms with Gasteiger partial charge in [0.05, 0.1) is 10.5 Å². The van der Waals surface area contributed by atoms with Crippen molar-refractivity contribution in [3.05, 3.63) is 65.0 Å². The Hall–Kier alpha value is -3.57. The van der Waals surface area contributed by atoms with E-state index in [9.17, 15) is 28.2 Å². The van der Waals surface area contributed by atoms with Crippen LogP contribution in [0.15, 0.2) is 69.0 Å². The number of carbonyl (C=O) groups excluding carboxylic acids is 1. The number of primary sulfonamides is 1. The molecule has 0 spiro atoms. The normalized spacial score (nSPS) is 12.5. The average Bonchev–Trinajstić information content (AvgIpc) is 2.62. The highest BCUT2D eigenvalue weighted by atomic mass is 32.2. The first-order valence-electron chi connectivity index (χ1n) is 8.09. The Labute approximate surface area is 166 Å². The van der Waals surface area contributed by atoms with Crippen LogP contribution in [0.3, 0.4) is 0 Å². The number of para-hydroxylation sites is 1. The molecule has 2 aromatic carbocycles. The number of nitrogens with one attached hydrogen (secondary N) is 1. The van der Waals surface area contributed by atoms with Crippen LogP contribution in [0, 0.1) is 6.92 Å². The van der Waals surface area contributed by atoms with Crippen LogP contribution in [-0.4, -0.2) is 30.5 Å². The number of aromatic carboxylic acids is 1. The number of aliphatic hydroxyl groups excluding tert-OH is 1. The van der Waals surface area contributed by atoms with E-state index in [2.05, 4.69) is 15.5 Å². The quantitative estimate of drug-likeness (QED) is 0.319. The van der Waals surface area contributed by atoms with Gasteiger partial charge in [0, 0.05) is 5.69 Å². The molecule has 0 fully saturated rings. The van der Waals surface area contributed by atoms with Gasteiger partial charge in [0.1, 0.15) is 11.4 Å². The zero-order valence-electron chi connectivity index (χ0n) is 15.4. The molecular weight excluding hydrogens is 400 g/mol. The van der Waals surface area contributed by atoms with E-state index in [0.29, 0.717) is 5.69 Å². The lowest BCUT2D eigenvalue weighted by molar-refractivity contribution is -0.113. The fraction of sp³-hybridized carbons (Fsp3) is 0.111. The molecule has 0 saturated heterocycles. The van der Waals surface area contributed by atoms with Crippen molar-refractivity contribution < 1.29 is 28.2 Å². The molecule has 5 N–H and O–H groups in total. The molecule has 0 aromatic heterocycles. The monoisotopic (exact) mass is 418 g/mol. The number of nitrogens with zero attached hydrogens (tertiary/aromatic N) is 2. The molecule has 0 bridgehead atoms. The Morgan fingerprint density at radius 3 is 2.31 bits per heavy atom. The molecule has 2 aromatic rings. The zero-order valence-corrected chi connectivity index (χ0v) is 16.3. The van der Waals surface area contributed by atoms with Gasteiger partial charge in [-0.25, -0.2) is 18.4 Å². The number of azo groups is 1. The van der Waals surface area contributed by atoms with Gasteiger partial charge in [-0.1, -0.05) is 18.2 Å². The van der Waals surface area contributed by atoms with Crippen LogP contribution < -0.4 is 10.5 Å². The molecule has 2 rings (SSSR count). The first-order chi connectivity index (χ1) is 13.5. The molecule has 29 heavy (non-hydrogen) atoms. The Morgan fingerprint density at radius 2 is 1.76 bits per heavy atom. The first-order valence-corrected chi connectivity index (χ1v) is 9.64. The van der Waals surface area contributed by atoms with Crippen molar-refractivity contribution in [2.75, 3.05) is 5.32 Å². The van der Waals surface area contributed by atoms with Gasteiger partial charge in [-0.15, -0.1) is 10.2 Å². The van der Waals surface area contributed by atoms with E-state index < -0.39 is 33.4 Å². The van der Waals surface area contributed by atoms with E-state index in [1.807, 2.05) is 0 Å². The summed E-state index contributed by atoms with van der Waals surface area (Å²) in [4.78, 5) is 23.4. The molecule has 0 saturated carbocycles. The van der Waals surface area contributed by atoms with Crippen molar-refractivity contribution in [2.24, 2.45) is 15.4 Å². The maximum Gasteiger partial charge on any atom is 0.337 e. The number of sulfonamides is 1. The fourth-order valence-corrected chi connectivity index (χ4v) is 2.77. The number of anilines is 1. The molecule has 1 amide bonds. The minimum absolute atomic E-state index is 0.355. The van der Waals surface area contributed by atoms with E-state index in [-0.39, 0.29) is 16.1 Å². The fourth-order valence-electron chi connectivity index (χ4n) is 2.23. The molecule has 0 atom stereocenters. The third-order valence-electron chi connectivity index (χ3n) is 3.74. The van der Waals surface area contributed by atoms with Crippen LogP contribution in [0.2, 0.25) is 0 Å². The van der Waals surface area contributed by atoms with Crippen molar-refractivity contribution in [3.63, 3.8) is 0 Å². The van der Waals surface area contributed by atoms with Crippen LogP contribution in [-0.2, 0) is 14.8 Å². The minimum atomic E-state index is -4.12. The second-order valence-corrected chi connectivity index (χ2v) is 7.49. The number of aliphatic hydroxyl groups is 1. The largest absolute Gasteiger partial charge is 0.510 e. The lowest BCUT2D eigenvalue weighted by Crippen LogP contribution is -2.15. The van der Waals surface area contributed by atoms with Gasteiger partial charge in [0.25, 0.3) is 5.91 Å². The van der Waals surface area contributed by atoms with E-state index >= 15 is 0 Å². The summed E-state index contributed by atoms with van der Waals surface area (Å²) in [6.07, 6.45) is 0.